The Morgan fingerprint density at radius 3 is 2.70 bits per heavy atom. The molecule has 0 aliphatic heterocycles. The molecule has 1 heterocycles. The molecule has 2 rings (SSSR count). The van der Waals surface area contributed by atoms with Gasteiger partial charge in [-0.1, -0.05) is 11.6 Å². The number of aryl methyl sites for hydroxylation is 1. The van der Waals surface area contributed by atoms with Gasteiger partial charge in [0.15, 0.2) is 9.84 Å². The van der Waals surface area contributed by atoms with Gasteiger partial charge in [-0.2, -0.15) is 5.10 Å². The Hall–Kier alpha value is -1.86. The van der Waals surface area contributed by atoms with Crippen molar-refractivity contribution >= 4 is 27.4 Å². The SMILES string of the molecule is Cn1cc(CS(=O)(=O)c2ccc(Cl)c(C(=O)O)c2)cn1. The Morgan fingerprint density at radius 2 is 2.15 bits per heavy atom. The number of carboxylic acid groups (broad SMARTS) is 1. The molecule has 0 saturated heterocycles. The summed E-state index contributed by atoms with van der Waals surface area (Å²) in [6.45, 7) is 0. The third kappa shape index (κ3) is 3.00. The van der Waals surface area contributed by atoms with E-state index < -0.39 is 15.8 Å². The third-order valence-electron chi connectivity index (χ3n) is 2.64. The normalized spacial score (nSPS) is 11.5. The molecule has 0 bridgehead atoms. The zero-order valence-corrected chi connectivity index (χ0v) is 12.0. The van der Waals surface area contributed by atoms with Crippen molar-refractivity contribution in [2.45, 2.75) is 10.6 Å². The molecule has 20 heavy (non-hydrogen) atoms. The second-order valence-electron chi connectivity index (χ2n) is 4.23. The first-order valence-corrected chi connectivity index (χ1v) is 7.56. The Bertz CT molecular complexity index is 768. The molecule has 0 radical (unpaired) electrons. The van der Waals surface area contributed by atoms with Gasteiger partial charge in [0.1, 0.15) is 0 Å². The van der Waals surface area contributed by atoms with Gasteiger partial charge in [-0.15, -0.1) is 0 Å². The number of carbonyl (C=O) groups is 1. The number of benzene rings is 1. The quantitative estimate of drug-likeness (QED) is 0.928. The van der Waals surface area contributed by atoms with Crippen molar-refractivity contribution in [2.24, 2.45) is 7.05 Å². The van der Waals surface area contributed by atoms with Crippen molar-refractivity contribution in [3.8, 4) is 0 Å². The summed E-state index contributed by atoms with van der Waals surface area (Å²) in [7, 11) is -1.97. The molecule has 0 unspecified atom stereocenters. The molecular formula is C12H11ClN2O4S. The molecule has 106 valence electrons. The Labute approximate surface area is 120 Å². The summed E-state index contributed by atoms with van der Waals surface area (Å²) in [4.78, 5) is 10.9. The zero-order valence-electron chi connectivity index (χ0n) is 10.4. The molecular weight excluding hydrogens is 304 g/mol. The van der Waals surface area contributed by atoms with Gasteiger partial charge < -0.3 is 5.11 Å². The molecule has 0 amide bonds. The highest BCUT2D eigenvalue weighted by molar-refractivity contribution is 7.90. The van der Waals surface area contributed by atoms with Gasteiger partial charge in [0.25, 0.3) is 0 Å². The summed E-state index contributed by atoms with van der Waals surface area (Å²) < 4.78 is 25.9. The van der Waals surface area contributed by atoms with Crippen molar-refractivity contribution in [3.63, 3.8) is 0 Å². The number of nitrogens with zero attached hydrogens (tertiary/aromatic N) is 2. The number of rotatable bonds is 4. The van der Waals surface area contributed by atoms with Crippen LogP contribution in [0.15, 0.2) is 35.5 Å². The van der Waals surface area contributed by atoms with Gasteiger partial charge in [0.2, 0.25) is 0 Å². The van der Waals surface area contributed by atoms with Crippen LogP contribution in [0.2, 0.25) is 5.02 Å². The first-order valence-electron chi connectivity index (χ1n) is 5.53. The molecule has 0 atom stereocenters. The molecule has 0 fully saturated rings. The Kier molecular flexibility index (Phi) is 3.82. The van der Waals surface area contributed by atoms with E-state index in [0.29, 0.717) is 5.56 Å². The summed E-state index contributed by atoms with van der Waals surface area (Å²) in [5, 5.41) is 12.8. The summed E-state index contributed by atoms with van der Waals surface area (Å²) in [5.41, 5.74) is 0.290. The molecule has 0 saturated carbocycles. The van der Waals surface area contributed by atoms with E-state index in [-0.39, 0.29) is 21.2 Å². The van der Waals surface area contributed by atoms with E-state index in [1.165, 1.54) is 23.0 Å². The average Bonchev–Trinajstić information content (AvgIpc) is 2.73. The minimum atomic E-state index is -3.65. The standard InChI is InChI=1S/C12H11ClN2O4S/c1-15-6-8(5-14-15)7-20(18,19)9-2-3-11(13)10(4-9)12(16)17/h2-6H,7H2,1H3,(H,16,17). The van der Waals surface area contributed by atoms with Crippen molar-refractivity contribution in [2.75, 3.05) is 0 Å². The number of sulfone groups is 1. The smallest absolute Gasteiger partial charge is 0.337 e. The van der Waals surface area contributed by atoms with Crippen LogP contribution in [0.1, 0.15) is 15.9 Å². The van der Waals surface area contributed by atoms with E-state index in [1.54, 1.807) is 13.2 Å². The highest BCUT2D eigenvalue weighted by Crippen LogP contribution is 2.23. The van der Waals surface area contributed by atoms with E-state index >= 15 is 0 Å². The molecule has 2 aromatic rings. The van der Waals surface area contributed by atoms with E-state index in [9.17, 15) is 13.2 Å². The van der Waals surface area contributed by atoms with Gasteiger partial charge >= 0.3 is 5.97 Å². The van der Waals surface area contributed by atoms with Crippen LogP contribution in [0.5, 0.6) is 0 Å². The summed E-state index contributed by atoms with van der Waals surface area (Å²) in [5.74, 6) is -1.52. The molecule has 1 N–H and O–H groups in total. The minimum Gasteiger partial charge on any atom is -0.478 e. The van der Waals surface area contributed by atoms with Crippen LogP contribution in [0, 0.1) is 0 Å². The molecule has 8 heteroatoms. The summed E-state index contributed by atoms with van der Waals surface area (Å²) in [6, 6.07) is 3.62. The first-order chi connectivity index (χ1) is 9.29. The predicted octanol–water partition coefficient (Wildman–Crippen LogP) is 1.75. The van der Waals surface area contributed by atoms with Gasteiger partial charge in [-0.05, 0) is 18.2 Å². The monoisotopic (exact) mass is 314 g/mol. The average molecular weight is 315 g/mol. The number of hydrogen-bond acceptors (Lipinski definition) is 4. The molecule has 0 spiro atoms. The first kappa shape index (κ1) is 14.5. The van der Waals surface area contributed by atoms with Gasteiger partial charge in [0.05, 0.1) is 27.4 Å². The van der Waals surface area contributed by atoms with Crippen LogP contribution >= 0.6 is 11.6 Å². The number of aromatic nitrogens is 2. The van der Waals surface area contributed by atoms with Crippen molar-refractivity contribution < 1.29 is 18.3 Å². The van der Waals surface area contributed by atoms with Crippen molar-refractivity contribution in [1.29, 1.82) is 0 Å². The second kappa shape index (κ2) is 5.26. The van der Waals surface area contributed by atoms with Gasteiger partial charge in [-0.3, -0.25) is 4.68 Å². The largest absolute Gasteiger partial charge is 0.478 e. The fourth-order valence-electron chi connectivity index (χ4n) is 1.71. The predicted molar refractivity (Wildman–Crippen MR) is 72.5 cm³/mol. The lowest BCUT2D eigenvalue weighted by atomic mass is 10.2. The molecule has 1 aromatic heterocycles. The number of halogens is 1. The number of aromatic carboxylic acids is 1. The highest BCUT2D eigenvalue weighted by atomic mass is 35.5. The molecule has 0 aliphatic carbocycles. The fourth-order valence-corrected chi connectivity index (χ4v) is 3.24. The lowest BCUT2D eigenvalue weighted by Crippen LogP contribution is -2.07. The van der Waals surface area contributed by atoms with Gasteiger partial charge in [-0.25, -0.2) is 13.2 Å². The van der Waals surface area contributed by atoms with Crippen LogP contribution in [0.3, 0.4) is 0 Å². The summed E-state index contributed by atoms with van der Waals surface area (Å²) >= 11 is 5.72. The van der Waals surface area contributed by atoms with Gasteiger partial charge in [0, 0.05) is 18.8 Å². The lowest BCUT2D eigenvalue weighted by Gasteiger charge is -2.05. The van der Waals surface area contributed by atoms with E-state index in [0.717, 1.165) is 6.07 Å². The zero-order chi connectivity index (χ0) is 14.9. The van der Waals surface area contributed by atoms with E-state index in [2.05, 4.69) is 5.10 Å². The lowest BCUT2D eigenvalue weighted by molar-refractivity contribution is 0.0697. The van der Waals surface area contributed by atoms with Crippen LogP contribution in [0.25, 0.3) is 0 Å². The molecule has 1 aromatic carbocycles. The Balaban J connectivity index is 2.39. The van der Waals surface area contributed by atoms with Crippen molar-refractivity contribution in [1.82, 2.24) is 9.78 Å². The van der Waals surface area contributed by atoms with Crippen LogP contribution in [0.4, 0.5) is 0 Å². The second-order valence-corrected chi connectivity index (χ2v) is 6.62. The van der Waals surface area contributed by atoms with Crippen LogP contribution in [-0.2, 0) is 22.6 Å². The fraction of sp³-hybridized carbons (Fsp3) is 0.167. The van der Waals surface area contributed by atoms with E-state index in [1.807, 2.05) is 0 Å². The Morgan fingerprint density at radius 1 is 1.45 bits per heavy atom. The number of carboxylic acids is 1. The third-order valence-corrected chi connectivity index (χ3v) is 4.66. The van der Waals surface area contributed by atoms with E-state index in [4.69, 9.17) is 16.7 Å². The maximum atomic E-state index is 12.2. The highest BCUT2D eigenvalue weighted by Gasteiger charge is 2.19. The topological polar surface area (TPSA) is 89.3 Å². The molecule has 0 aliphatic rings. The maximum absolute atomic E-state index is 12.2. The summed E-state index contributed by atoms with van der Waals surface area (Å²) in [6.07, 6.45) is 3.04. The number of hydrogen-bond donors (Lipinski definition) is 1. The van der Waals surface area contributed by atoms with Crippen LogP contribution < -0.4 is 0 Å². The maximum Gasteiger partial charge on any atom is 0.337 e. The minimum absolute atomic E-state index is 0.00201. The van der Waals surface area contributed by atoms with Crippen LogP contribution in [-0.4, -0.2) is 29.3 Å². The van der Waals surface area contributed by atoms with Crippen molar-refractivity contribution in [3.05, 3.63) is 46.7 Å². The molecule has 6 nitrogen and oxygen atoms in total.